The van der Waals surface area contributed by atoms with Gasteiger partial charge in [-0.3, -0.25) is 0 Å². The van der Waals surface area contributed by atoms with Gasteiger partial charge >= 0.3 is 0 Å². The van der Waals surface area contributed by atoms with Crippen molar-refractivity contribution in [2.24, 2.45) is 0 Å². The van der Waals surface area contributed by atoms with Crippen molar-refractivity contribution in [3.8, 4) is 113 Å². The van der Waals surface area contributed by atoms with Crippen LogP contribution in [0.3, 0.4) is 0 Å². The van der Waals surface area contributed by atoms with Gasteiger partial charge in [-0.05, 0) is 79.8 Å². The summed E-state index contributed by atoms with van der Waals surface area (Å²) < 4.78 is 0. The molecule has 0 aliphatic heterocycles. The summed E-state index contributed by atoms with van der Waals surface area (Å²) in [6.07, 6.45) is 0. The van der Waals surface area contributed by atoms with E-state index in [1.807, 2.05) is 60.7 Å². The molecule has 21 rings (SSSR count). The molecule has 8 nitrogen and oxygen atoms in total. The lowest BCUT2D eigenvalue weighted by Gasteiger charge is -2.18. The van der Waals surface area contributed by atoms with Gasteiger partial charge in [0.1, 0.15) is 0 Å². The number of para-hydroxylation sites is 2. The van der Waals surface area contributed by atoms with E-state index in [-0.39, 0.29) is 0 Å². The van der Waals surface area contributed by atoms with Crippen LogP contribution in [0.2, 0.25) is 0 Å². The number of fused-ring (bicyclic) bond motifs is 11. The zero-order valence-electron chi connectivity index (χ0n) is 58.4. The highest BCUT2D eigenvalue weighted by Crippen LogP contribution is 2.47. The monoisotopic (exact) mass is 1370 g/mol. The van der Waals surface area contributed by atoms with Gasteiger partial charge < -0.3 is 0 Å². The normalized spacial score (nSPS) is 11.5. The summed E-state index contributed by atoms with van der Waals surface area (Å²) in [4.78, 5) is 42.0. The maximum Gasteiger partial charge on any atom is 0.160 e. The van der Waals surface area contributed by atoms with E-state index >= 15 is 0 Å². The summed E-state index contributed by atoms with van der Waals surface area (Å²) in [5.74, 6) is 1.39. The minimum atomic E-state index is 0.692. The van der Waals surface area contributed by atoms with E-state index in [9.17, 15) is 0 Å². The van der Waals surface area contributed by atoms with Gasteiger partial charge in [0.2, 0.25) is 0 Å². The number of pyridine rings is 4. The Kier molecular flexibility index (Phi) is 15.7. The Labute approximate surface area is 622 Å². The molecule has 0 radical (unpaired) electrons. The maximum atomic E-state index is 5.54. The van der Waals surface area contributed by atoms with Gasteiger partial charge in [0, 0.05) is 88.0 Å². The molecule has 0 spiro atoms. The molecule has 0 saturated carbocycles. The second kappa shape index (κ2) is 26.9. The minimum absolute atomic E-state index is 0.692. The van der Waals surface area contributed by atoms with Gasteiger partial charge in [0.15, 0.2) is 11.6 Å². The van der Waals surface area contributed by atoms with Crippen LogP contribution >= 0.6 is 0 Å². The number of benzene rings is 15. The summed E-state index contributed by atoms with van der Waals surface area (Å²) in [5.41, 5.74) is 23.8. The van der Waals surface area contributed by atoms with Crippen molar-refractivity contribution in [1.29, 1.82) is 0 Å². The third-order valence-corrected chi connectivity index (χ3v) is 20.7. The van der Waals surface area contributed by atoms with E-state index in [0.717, 1.165) is 182 Å². The Bertz CT molecular complexity index is 6910. The summed E-state index contributed by atoms with van der Waals surface area (Å²) in [7, 11) is 0. The number of hydrogen-bond acceptors (Lipinski definition) is 8. The van der Waals surface area contributed by atoms with Gasteiger partial charge in [-0.2, -0.15) is 0 Å². The number of nitrogens with zero attached hydrogens (tertiary/aromatic N) is 8. The zero-order chi connectivity index (χ0) is 71.4. The van der Waals surface area contributed by atoms with Crippen molar-refractivity contribution in [1.82, 2.24) is 39.9 Å². The predicted molar refractivity (Wildman–Crippen MR) is 447 cm³/mol. The minimum Gasteiger partial charge on any atom is -0.245 e. The van der Waals surface area contributed by atoms with Crippen LogP contribution in [0.25, 0.3) is 210 Å². The number of hydrogen-bond donors (Lipinski definition) is 0. The molecule has 0 amide bonds. The van der Waals surface area contributed by atoms with E-state index in [1.165, 1.54) is 16.7 Å². The highest BCUT2D eigenvalue weighted by Gasteiger charge is 2.24. The molecular formula is C100H62N8. The fraction of sp³-hybridized carbons (Fsp3) is 0. The van der Waals surface area contributed by atoms with Crippen LogP contribution in [0.15, 0.2) is 376 Å². The quantitative estimate of drug-likeness (QED) is 0.0985. The zero-order valence-corrected chi connectivity index (χ0v) is 58.4. The molecule has 0 aliphatic carbocycles. The molecule has 0 bridgehead atoms. The first-order valence-electron chi connectivity index (χ1n) is 36.4. The molecule has 108 heavy (non-hydrogen) atoms. The highest BCUT2D eigenvalue weighted by molar-refractivity contribution is 6.23. The Hall–Kier alpha value is -14.6. The lowest BCUT2D eigenvalue weighted by atomic mass is 9.88. The first kappa shape index (κ1) is 63.1. The third kappa shape index (κ3) is 11.3. The maximum absolute atomic E-state index is 5.54. The SMILES string of the molecule is c1ccc(-c2cc(-c3c4ccccc4c(-c4ccc5ccc6c(-c7ccccc7)c7ccccc7nc6c5n4)c4ccccc34)nc(-c3ccccc3)n2)cc1.c1ccc(-c2cc(-c3ccc(-c4ccc5ccc6c(-c7ccccc7)c7ccccc7nc6c5n4)c4ccccc34)nc(-c3ccccc3)n2)cc1. The Morgan fingerprint density at radius 2 is 0.454 bits per heavy atom. The molecule has 0 fully saturated rings. The van der Waals surface area contributed by atoms with Gasteiger partial charge in [-0.15, -0.1) is 0 Å². The van der Waals surface area contributed by atoms with E-state index in [0.29, 0.717) is 11.6 Å². The summed E-state index contributed by atoms with van der Waals surface area (Å²) in [6, 6.07) is 131. The van der Waals surface area contributed by atoms with E-state index in [4.69, 9.17) is 39.9 Å². The summed E-state index contributed by atoms with van der Waals surface area (Å²) in [6.45, 7) is 0. The van der Waals surface area contributed by atoms with Crippen LogP contribution in [0.1, 0.15) is 0 Å². The molecule has 6 heterocycles. The second-order valence-corrected chi connectivity index (χ2v) is 27.1. The Morgan fingerprint density at radius 1 is 0.148 bits per heavy atom. The Morgan fingerprint density at radius 3 is 0.889 bits per heavy atom. The molecule has 0 aliphatic rings. The second-order valence-electron chi connectivity index (χ2n) is 27.1. The van der Waals surface area contributed by atoms with Crippen molar-refractivity contribution in [2.75, 3.05) is 0 Å². The van der Waals surface area contributed by atoms with Crippen LogP contribution in [0.5, 0.6) is 0 Å². The van der Waals surface area contributed by atoms with Gasteiger partial charge in [0.05, 0.1) is 67.3 Å². The molecular weight excluding hydrogens is 1310 g/mol. The fourth-order valence-electron chi connectivity index (χ4n) is 15.7. The molecule has 0 N–H and O–H groups in total. The van der Waals surface area contributed by atoms with E-state index in [1.54, 1.807) is 0 Å². The van der Waals surface area contributed by atoms with Crippen LogP contribution in [0.4, 0.5) is 0 Å². The predicted octanol–water partition coefficient (Wildman–Crippen LogP) is 25.6. The van der Waals surface area contributed by atoms with Crippen LogP contribution in [-0.4, -0.2) is 39.9 Å². The number of aromatic nitrogens is 8. The molecule has 0 saturated heterocycles. The average Bonchev–Trinajstić information content (AvgIpc) is 0.722. The first-order valence-corrected chi connectivity index (χ1v) is 36.4. The van der Waals surface area contributed by atoms with Crippen LogP contribution in [-0.2, 0) is 0 Å². The van der Waals surface area contributed by atoms with Crippen LogP contribution < -0.4 is 0 Å². The lowest BCUT2D eigenvalue weighted by molar-refractivity contribution is 1.18. The first-order chi connectivity index (χ1) is 53.6. The molecule has 502 valence electrons. The van der Waals surface area contributed by atoms with Crippen molar-refractivity contribution in [3.05, 3.63) is 376 Å². The van der Waals surface area contributed by atoms with Gasteiger partial charge in [-0.1, -0.05) is 340 Å². The van der Waals surface area contributed by atoms with Gasteiger partial charge in [0.25, 0.3) is 0 Å². The van der Waals surface area contributed by atoms with Crippen molar-refractivity contribution >= 4 is 97.7 Å². The smallest absolute Gasteiger partial charge is 0.160 e. The topological polar surface area (TPSA) is 103 Å². The molecule has 8 heteroatoms. The fourth-order valence-corrected chi connectivity index (χ4v) is 15.7. The van der Waals surface area contributed by atoms with Crippen molar-refractivity contribution in [2.45, 2.75) is 0 Å². The summed E-state index contributed by atoms with van der Waals surface area (Å²) in [5, 5.41) is 13.2. The highest BCUT2D eigenvalue weighted by atomic mass is 14.9. The van der Waals surface area contributed by atoms with Gasteiger partial charge in [-0.25, -0.2) is 39.9 Å². The van der Waals surface area contributed by atoms with E-state index < -0.39 is 0 Å². The molecule has 21 aromatic rings. The lowest BCUT2D eigenvalue weighted by Crippen LogP contribution is -1.98. The molecule has 6 aromatic heterocycles. The Balaban J connectivity index is 0.000000143. The molecule has 15 aromatic carbocycles. The van der Waals surface area contributed by atoms with Crippen molar-refractivity contribution in [3.63, 3.8) is 0 Å². The third-order valence-electron chi connectivity index (χ3n) is 20.7. The average molecular weight is 1380 g/mol. The van der Waals surface area contributed by atoms with Crippen LogP contribution in [0, 0.1) is 0 Å². The van der Waals surface area contributed by atoms with E-state index in [2.05, 4.69) is 315 Å². The van der Waals surface area contributed by atoms with Crippen molar-refractivity contribution < 1.29 is 0 Å². The largest absolute Gasteiger partial charge is 0.245 e. The molecule has 0 unspecified atom stereocenters. The summed E-state index contributed by atoms with van der Waals surface area (Å²) >= 11 is 0. The standard InChI is InChI=1S/C52H32N4.C48H30N4/c1-4-16-33(17-5-1)45-32-46(56-52(55-45)36-20-8-3-9-21-36)49-39-24-12-10-22-37(39)48(38-23-11-13-25-40(38)49)44-31-29-35-28-30-42-47(34-18-6-2-7-19-34)41-26-14-15-27-43(41)53-51(42)50(35)54-44;1-4-14-31(15-5-1)43-30-44(52-48(51-43)34-18-8-3-9-19-34)38-28-27-37(35-20-10-11-21-36(35)38)42-29-25-33-24-26-40-45(32-16-6-2-7-17-32)39-22-12-13-23-41(39)50-47(40)46(33)49-42/h1-32H;1-30H. The number of rotatable bonds is 10. The molecule has 0 atom stereocenters.